The highest BCUT2D eigenvalue weighted by Crippen LogP contribution is 2.35. The molecule has 0 unspecified atom stereocenters. The van der Waals surface area contributed by atoms with Crippen molar-refractivity contribution in [2.75, 3.05) is 11.1 Å². The number of amides is 1. The van der Waals surface area contributed by atoms with Crippen LogP contribution in [-0.2, 0) is 10.9 Å². The van der Waals surface area contributed by atoms with Crippen LogP contribution in [0.1, 0.15) is 26.5 Å². The number of halogens is 3. The first-order valence-electron chi connectivity index (χ1n) is 8.40. The summed E-state index contributed by atoms with van der Waals surface area (Å²) in [6.45, 7) is 4.93. The van der Waals surface area contributed by atoms with Crippen molar-refractivity contribution in [3.05, 3.63) is 24.3 Å². The Morgan fingerprint density at radius 3 is 2.76 bits per heavy atom. The molecule has 0 aliphatic carbocycles. The minimum Gasteiger partial charge on any atom is -0.428 e. The molecule has 0 aliphatic heterocycles. The summed E-state index contributed by atoms with van der Waals surface area (Å²) in [4.78, 5) is 20.2. The number of rotatable bonds is 5. The van der Waals surface area contributed by atoms with E-state index in [4.69, 9.17) is 10.5 Å². The Kier molecular flexibility index (Phi) is 5.45. The Bertz CT molecular complexity index is 1040. The lowest BCUT2D eigenvalue weighted by Gasteiger charge is -2.19. The number of hydrogen-bond acceptors (Lipinski definition) is 7. The van der Waals surface area contributed by atoms with Gasteiger partial charge < -0.3 is 4.74 Å². The number of nitrogens with one attached hydrogen (secondary N) is 2. The number of ether oxygens (including phenoxy) is 1. The smallest absolute Gasteiger partial charge is 0.428 e. The SMILES string of the molecule is CCSc1c(NC(=O)OC(C)(C)N)n[nH]c1-c1cn2cnc(C(F)(F)F)cc2n1. The highest BCUT2D eigenvalue weighted by molar-refractivity contribution is 7.99. The first kappa shape index (κ1) is 20.9. The van der Waals surface area contributed by atoms with Gasteiger partial charge in [-0.25, -0.2) is 14.8 Å². The van der Waals surface area contributed by atoms with Crippen molar-refractivity contribution in [3.8, 4) is 11.4 Å². The number of anilines is 1. The van der Waals surface area contributed by atoms with Crippen molar-refractivity contribution in [1.82, 2.24) is 24.6 Å². The zero-order valence-corrected chi connectivity index (χ0v) is 16.5. The summed E-state index contributed by atoms with van der Waals surface area (Å²) in [6.07, 6.45) is -2.81. The van der Waals surface area contributed by atoms with Crippen molar-refractivity contribution in [1.29, 1.82) is 0 Å². The monoisotopic (exact) mass is 429 g/mol. The predicted molar refractivity (Wildman–Crippen MR) is 100 cm³/mol. The van der Waals surface area contributed by atoms with Crippen LogP contribution in [0.2, 0.25) is 0 Å². The number of hydrogen-bond donors (Lipinski definition) is 3. The molecule has 156 valence electrons. The molecular formula is C16H18F3N7O2S. The number of aromatic amines is 1. The number of carbonyl (C=O) groups is 1. The minimum absolute atomic E-state index is 0.0724. The van der Waals surface area contributed by atoms with E-state index in [-0.39, 0.29) is 11.5 Å². The second-order valence-corrected chi connectivity index (χ2v) is 7.77. The van der Waals surface area contributed by atoms with E-state index in [1.54, 1.807) is 0 Å². The van der Waals surface area contributed by atoms with Crippen molar-refractivity contribution >= 4 is 29.3 Å². The Morgan fingerprint density at radius 1 is 1.41 bits per heavy atom. The van der Waals surface area contributed by atoms with Gasteiger partial charge in [-0.05, 0) is 19.6 Å². The third-order valence-corrected chi connectivity index (χ3v) is 4.46. The summed E-state index contributed by atoms with van der Waals surface area (Å²) >= 11 is 1.37. The third kappa shape index (κ3) is 4.79. The molecule has 9 nitrogen and oxygen atoms in total. The van der Waals surface area contributed by atoms with Gasteiger partial charge in [0.2, 0.25) is 0 Å². The van der Waals surface area contributed by atoms with Crippen molar-refractivity contribution < 1.29 is 22.7 Å². The Morgan fingerprint density at radius 2 is 2.14 bits per heavy atom. The van der Waals surface area contributed by atoms with Gasteiger partial charge in [-0.1, -0.05) is 6.92 Å². The van der Waals surface area contributed by atoms with E-state index < -0.39 is 23.7 Å². The molecule has 0 aliphatic rings. The quantitative estimate of drug-likeness (QED) is 0.419. The van der Waals surface area contributed by atoms with Crippen LogP contribution in [0.5, 0.6) is 0 Å². The summed E-state index contributed by atoms with van der Waals surface area (Å²) in [5, 5.41) is 9.33. The number of alkyl halides is 3. The summed E-state index contributed by atoms with van der Waals surface area (Å²) in [5.41, 5.74) is 4.30. The van der Waals surface area contributed by atoms with E-state index in [9.17, 15) is 18.0 Å². The first-order valence-corrected chi connectivity index (χ1v) is 9.39. The Hall–Kier alpha value is -2.80. The fourth-order valence-electron chi connectivity index (χ4n) is 2.40. The van der Waals surface area contributed by atoms with Crippen molar-refractivity contribution in [2.45, 2.75) is 37.6 Å². The molecule has 0 saturated heterocycles. The molecule has 0 atom stereocenters. The number of thioether (sulfide) groups is 1. The molecule has 29 heavy (non-hydrogen) atoms. The highest BCUT2D eigenvalue weighted by atomic mass is 32.2. The standard InChI is InChI=1S/C16H18F3N7O2S/c1-4-29-12-11(24-25-13(12)23-14(27)28-15(2,3)20)8-6-26-7-21-9(16(17,18)19)5-10(26)22-8/h5-7H,4,20H2,1-3H3,(H2,23,24,25,27). The Balaban J connectivity index is 1.96. The number of fused-ring (bicyclic) bond motifs is 1. The largest absolute Gasteiger partial charge is 0.433 e. The van der Waals surface area contributed by atoms with Gasteiger partial charge in [0.15, 0.2) is 11.5 Å². The average molecular weight is 429 g/mol. The lowest BCUT2D eigenvalue weighted by Crippen LogP contribution is -2.39. The summed E-state index contributed by atoms with van der Waals surface area (Å²) in [7, 11) is 0. The molecule has 13 heteroatoms. The van der Waals surface area contributed by atoms with E-state index >= 15 is 0 Å². The molecule has 0 saturated carbocycles. The maximum Gasteiger partial charge on any atom is 0.433 e. The normalized spacial score (nSPS) is 12.4. The van der Waals surface area contributed by atoms with Gasteiger partial charge in [0.1, 0.15) is 29.1 Å². The van der Waals surface area contributed by atoms with Crippen molar-refractivity contribution in [2.24, 2.45) is 5.73 Å². The average Bonchev–Trinajstić information content (AvgIpc) is 3.16. The van der Waals surface area contributed by atoms with Crippen LogP contribution in [0.25, 0.3) is 17.0 Å². The molecule has 0 spiro atoms. The van der Waals surface area contributed by atoms with Crippen LogP contribution in [0.15, 0.2) is 23.5 Å². The molecular weight excluding hydrogens is 411 g/mol. The van der Waals surface area contributed by atoms with Gasteiger partial charge in [0.25, 0.3) is 0 Å². The summed E-state index contributed by atoms with van der Waals surface area (Å²) < 4.78 is 45.0. The lowest BCUT2D eigenvalue weighted by atomic mass is 10.3. The second kappa shape index (κ2) is 7.55. The minimum atomic E-state index is -4.57. The molecule has 1 amide bonds. The molecule has 4 N–H and O–H groups in total. The molecule has 3 aromatic heterocycles. The number of aromatic nitrogens is 5. The molecule has 0 radical (unpaired) electrons. The first-order chi connectivity index (χ1) is 13.5. The summed E-state index contributed by atoms with van der Waals surface area (Å²) in [6, 6.07) is 0.854. The van der Waals surface area contributed by atoms with Gasteiger partial charge in [-0.15, -0.1) is 11.8 Å². The molecule has 0 aromatic carbocycles. The van der Waals surface area contributed by atoms with E-state index in [2.05, 4.69) is 25.5 Å². The van der Waals surface area contributed by atoms with E-state index in [1.165, 1.54) is 36.2 Å². The van der Waals surface area contributed by atoms with Crippen LogP contribution >= 0.6 is 11.8 Å². The number of H-pyrrole nitrogens is 1. The van der Waals surface area contributed by atoms with Gasteiger partial charge in [-0.2, -0.15) is 18.3 Å². The fourth-order valence-corrected chi connectivity index (χ4v) is 3.22. The summed E-state index contributed by atoms with van der Waals surface area (Å²) in [5.74, 6) is 0.846. The topological polar surface area (TPSA) is 123 Å². The molecule has 0 bridgehead atoms. The van der Waals surface area contributed by atoms with Gasteiger partial charge >= 0.3 is 12.3 Å². The van der Waals surface area contributed by atoms with Gasteiger partial charge in [-0.3, -0.25) is 20.5 Å². The van der Waals surface area contributed by atoms with E-state index in [1.807, 2.05) is 6.92 Å². The van der Waals surface area contributed by atoms with Crippen LogP contribution in [0, 0.1) is 0 Å². The van der Waals surface area contributed by atoms with Crippen molar-refractivity contribution in [3.63, 3.8) is 0 Å². The molecule has 3 rings (SSSR count). The molecule has 3 aromatic rings. The van der Waals surface area contributed by atoms with Crippen LogP contribution in [0.4, 0.5) is 23.8 Å². The second-order valence-electron chi connectivity index (χ2n) is 6.49. The number of carbonyl (C=O) groups excluding carboxylic acids is 1. The van der Waals surface area contributed by atoms with Gasteiger partial charge in [0, 0.05) is 12.3 Å². The number of nitrogens with zero attached hydrogens (tertiary/aromatic N) is 4. The number of imidazole rings is 1. The van der Waals surface area contributed by atoms with Crippen LogP contribution in [-0.4, -0.2) is 42.1 Å². The van der Waals surface area contributed by atoms with Crippen LogP contribution < -0.4 is 11.1 Å². The highest BCUT2D eigenvalue weighted by Gasteiger charge is 2.33. The van der Waals surface area contributed by atoms with Crippen LogP contribution in [0.3, 0.4) is 0 Å². The zero-order valence-electron chi connectivity index (χ0n) is 15.7. The van der Waals surface area contributed by atoms with E-state index in [0.29, 0.717) is 22.0 Å². The third-order valence-electron chi connectivity index (χ3n) is 3.48. The van der Waals surface area contributed by atoms with E-state index in [0.717, 1.165) is 12.4 Å². The Labute approximate surface area is 167 Å². The molecule has 0 fully saturated rings. The molecule has 3 heterocycles. The maximum absolute atomic E-state index is 12.9. The van der Waals surface area contributed by atoms with Gasteiger partial charge in [0.05, 0.1) is 4.90 Å². The fraction of sp³-hybridized carbons (Fsp3) is 0.375. The zero-order chi connectivity index (χ0) is 21.4. The predicted octanol–water partition coefficient (Wildman–Crippen LogP) is 3.49. The number of nitrogens with two attached hydrogens (primary N) is 1. The maximum atomic E-state index is 12.9. The lowest BCUT2D eigenvalue weighted by molar-refractivity contribution is -0.141.